The lowest BCUT2D eigenvalue weighted by Crippen LogP contribution is -2.47. The van der Waals surface area contributed by atoms with E-state index in [0.29, 0.717) is 24.9 Å². The van der Waals surface area contributed by atoms with E-state index >= 15 is 0 Å². The van der Waals surface area contributed by atoms with Crippen molar-refractivity contribution in [2.24, 2.45) is 10.7 Å². The molecule has 2 N–H and O–H groups in total. The van der Waals surface area contributed by atoms with Crippen molar-refractivity contribution >= 4 is 29.9 Å². The summed E-state index contributed by atoms with van der Waals surface area (Å²) in [5, 5.41) is 0. The topological polar surface area (TPSA) is 76.6 Å². The summed E-state index contributed by atoms with van der Waals surface area (Å²) in [6.45, 7) is 4.63. The Hall–Kier alpha value is -1.74. The van der Waals surface area contributed by atoms with Crippen molar-refractivity contribution in [2.75, 3.05) is 19.7 Å². The molecule has 2 aromatic rings. The van der Waals surface area contributed by atoms with E-state index < -0.39 is 0 Å². The first-order valence-corrected chi connectivity index (χ1v) is 7.75. The van der Waals surface area contributed by atoms with Crippen LogP contribution in [0.2, 0.25) is 0 Å². The number of aromatic nitrogens is 2. The Bertz CT molecular complexity index is 662. The van der Waals surface area contributed by atoms with Gasteiger partial charge in [0.15, 0.2) is 5.96 Å². The number of guanidine groups is 1. The van der Waals surface area contributed by atoms with E-state index in [-0.39, 0.29) is 30.1 Å². The smallest absolute Gasteiger partial charge is 0.191 e. The second kappa shape index (κ2) is 8.93. The Morgan fingerprint density at radius 1 is 1.25 bits per heavy atom. The Labute approximate surface area is 159 Å². The molecule has 1 aromatic heterocycles. The van der Waals surface area contributed by atoms with Crippen molar-refractivity contribution in [3.05, 3.63) is 48.5 Å². The highest BCUT2D eigenvalue weighted by molar-refractivity contribution is 14.0. The molecule has 7 heteroatoms. The molecule has 0 radical (unpaired) electrons. The normalized spacial score (nSPS) is 18.1. The molecule has 24 heavy (non-hydrogen) atoms. The summed E-state index contributed by atoms with van der Waals surface area (Å²) in [4.78, 5) is 15.2. The van der Waals surface area contributed by atoms with Gasteiger partial charge in [-0.3, -0.25) is 0 Å². The van der Waals surface area contributed by atoms with Crippen molar-refractivity contribution < 1.29 is 4.74 Å². The van der Waals surface area contributed by atoms with Gasteiger partial charge in [-0.15, -0.1) is 24.0 Å². The SMILES string of the molecule is CC1CN(C(N)=NCc2ncc(-c3ccccc3)cn2)CCO1.I. The molecule has 1 aromatic carbocycles. The molecule has 2 heterocycles. The second-order valence-corrected chi connectivity index (χ2v) is 5.56. The largest absolute Gasteiger partial charge is 0.375 e. The fraction of sp³-hybridized carbons (Fsp3) is 0.353. The van der Waals surface area contributed by atoms with Crippen molar-refractivity contribution in [3.8, 4) is 11.1 Å². The maximum absolute atomic E-state index is 6.04. The number of benzene rings is 1. The summed E-state index contributed by atoms with van der Waals surface area (Å²) >= 11 is 0. The first kappa shape index (κ1) is 18.6. The lowest BCUT2D eigenvalue weighted by atomic mass is 10.1. The summed E-state index contributed by atoms with van der Waals surface area (Å²) in [5.74, 6) is 1.19. The summed E-state index contributed by atoms with van der Waals surface area (Å²) in [7, 11) is 0. The average molecular weight is 439 g/mol. The molecule has 0 saturated carbocycles. The Balaban J connectivity index is 0.00000208. The van der Waals surface area contributed by atoms with Gasteiger partial charge in [-0.05, 0) is 12.5 Å². The molecule has 128 valence electrons. The van der Waals surface area contributed by atoms with Gasteiger partial charge in [0.1, 0.15) is 12.4 Å². The van der Waals surface area contributed by atoms with Gasteiger partial charge in [0.25, 0.3) is 0 Å². The quantitative estimate of drug-likeness (QED) is 0.451. The van der Waals surface area contributed by atoms with E-state index in [1.54, 1.807) is 0 Å². The lowest BCUT2D eigenvalue weighted by molar-refractivity contribution is 0.00528. The van der Waals surface area contributed by atoms with E-state index in [2.05, 4.69) is 15.0 Å². The van der Waals surface area contributed by atoms with Crippen molar-refractivity contribution in [1.29, 1.82) is 0 Å². The molecule has 1 saturated heterocycles. The molecule has 1 aliphatic heterocycles. The molecule has 1 atom stereocenters. The minimum absolute atomic E-state index is 0. The number of aliphatic imine (C=N–C) groups is 1. The zero-order valence-electron chi connectivity index (χ0n) is 13.6. The van der Waals surface area contributed by atoms with E-state index in [1.165, 1.54) is 0 Å². The Morgan fingerprint density at radius 2 is 1.96 bits per heavy atom. The number of nitrogens with two attached hydrogens (primary N) is 1. The number of hydrogen-bond donors (Lipinski definition) is 1. The fourth-order valence-electron chi connectivity index (χ4n) is 2.49. The second-order valence-electron chi connectivity index (χ2n) is 5.56. The van der Waals surface area contributed by atoms with Crippen LogP contribution in [0.4, 0.5) is 0 Å². The van der Waals surface area contributed by atoms with Gasteiger partial charge in [-0.25, -0.2) is 15.0 Å². The summed E-state index contributed by atoms with van der Waals surface area (Å²) in [5.41, 5.74) is 8.14. The van der Waals surface area contributed by atoms with E-state index in [4.69, 9.17) is 10.5 Å². The van der Waals surface area contributed by atoms with Crippen LogP contribution in [0, 0.1) is 0 Å². The van der Waals surface area contributed by atoms with Crippen molar-refractivity contribution in [1.82, 2.24) is 14.9 Å². The van der Waals surface area contributed by atoms with Gasteiger partial charge in [-0.1, -0.05) is 30.3 Å². The van der Waals surface area contributed by atoms with Crippen molar-refractivity contribution in [2.45, 2.75) is 19.6 Å². The molecule has 0 bridgehead atoms. The maximum atomic E-state index is 6.04. The zero-order chi connectivity index (χ0) is 16.1. The predicted octanol–water partition coefficient (Wildman–Crippen LogP) is 2.30. The molecule has 1 unspecified atom stereocenters. The maximum Gasteiger partial charge on any atom is 0.191 e. The van der Waals surface area contributed by atoms with Gasteiger partial charge >= 0.3 is 0 Å². The van der Waals surface area contributed by atoms with Crippen LogP contribution in [-0.4, -0.2) is 46.6 Å². The van der Waals surface area contributed by atoms with Crippen LogP contribution in [0.1, 0.15) is 12.7 Å². The third-order valence-electron chi connectivity index (χ3n) is 3.76. The number of halogens is 1. The number of hydrogen-bond acceptors (Lipinski definition) is 4. The van der Waals surface area contributed by atoms with E-state index in [1.807, 2.05) is 54.5 Å². The predicted molar refractivity (Wildman–Crippen MR) is 105 cm³/mol. The van der Waals surface area contributed by atoms with Gasteiger partial charge in [0, 0.05) is 31.0 Å². The summed E-state index contributed by atoms with van der Waals surface area (Å²) in [6, 6.07) is 10.1. The Morgan fingerprint density at radius 3 is 2.62 bits per heavy atom. The zero-order valence-corrected chi connectivity index (χ0v) is 16.0. The van der Waals surface area contributed by atoms with Crippen LogP contribution in [-0.2, 0) is 11.3 Å². The number of nitrogens with zero attached hydrogens (tertiary/aromatic N) is 4. The number of morpholine rings is 1. The molecule has 0 amide bonds. The average Bonchev–Trinajstić information content (AvgIpc) is 2.61. The third kappa shape index (κ3) is 4.88. The summed E-state index contributed by atoms with van der Waals surface area (Å²) < 4.78 is 5.50. The van der Waals surface area contributed by atoms with Crippen LogP contribution < -0.4 is 5.73 Å². The lowest BCUT2D eigenvalue weighted by Gasteiger charge is -2.31. The number of ether oxygens (including phenoxy) is 1. The standard InChI is InChI=1S/C17H21N5O.HI/c1-13-12-22(7-8-23-13)17(18)21-11-16-19-9-15(10-20-16)14-5-3-2-4-6-14;/h2-6,9-10,13H,7-8,11-12H2,1H3,(H2,18,21);1H. The first-order chi connectivity index (χ1) is 11.2. The van der Waals surface area contributed by atoms with Crippen LogP contribution in [0.5, 0.6) is 0 Å². The molecule has 1 aliphatic rings. The molecular formula is C17H22IN5O. The minimum Gasteiger partial charge on any atom is -0.375 e. The van der Waals surface area contributed by atoms with Crippen LogP contribution in [0.3, 0.4) is 0 Å². The Kier molecular flexibility index (Phi) is 6.92. The monoisotopic (exact) mass is 439 g/mol. The van der Waals surface area contributed by atoms with E-state index in [9.17, 15) is 0 Å². The van der Waals surface area contributed by atoms with Crippen LogP contribution in [0.25, 0.3) is 11.1 Å². The first-order valence-electron chi connectivity index (χ1n) is 7.75. The molecular weight excluding hydrogens is 417 g/mol. The molecule has 0 aliphatic carbocycles. The minimum atomic E-state index is 0. The molecule has 6 nitrogen and oxygen atoms in total. The van der Waals surface area contributed by atoms with Gasteiger partial charge in [0.2, 0.25) is 0 Å². The van der Waals surface area contributed by atoms with Crippen LogP contribution >= 0.6 is 24.0 Å². The van der Waals surface area contributed by atoms with Gasteiger partial charge in [0.05, 0.1) is 12.7 Å². The molecule has 0 spiro atoms. The molecule has 1 fully saturated rings. The summed E-state index contributed by atoms with van der Waals surface area (Å²) in [6.07, 6.45) is 3.82. The van der Waals surface area contributed by atoms with Gasteiger partial charge in [-0.2, -0.15) is 0 Å². The van der Waals surface area contributed by atoms with E-state index in [0.717, 1.165) is 24.2 Å². The van der Waals surface area contributed by atoms with Gasteiger partial charge < -0.3 is 15.4 Å². The third-order valence-corrected chi connectivity index (χ3v) is 3.76. The molecule has 3 rings (SSSR count). The highest BCUT2D eigenvalue weighted by Gasteiger charge is 2.17. The fourth-order valence-corrected chi connectivity index (χ4v) is 2.49. The number of rotatable bonds is 3. The van der Waals surface area contributed by atoms with Crippen LogP contribution in [0.15, 0.2) is 47.7 Å². The van der Waals surface area contributed by atoms with Crippen molar-refractivity contribution in [3.63, 3.8) is 0 Å². The highest BCUT2D eigenvalue weighted by atomic mass is 127. The highest BCUT2D eigenvalue weighted by Crippen LogP contribution is 2.16.